The van der Waals surface area contributed by atoms with Gasteiger partial charge in [-0.2, -0.15) is 5.26 Å². The van der Waals surface area contributed by atoms with Crippen LogP contribution in [0.25, 0.3) is 105 Å². The van der Waals surface area contributed by atoms with Crippen LogP contribution in [-0.2, 0) is 6.42 Å². The van der Waals surface area contributed by atoms with E-state index in [0.29, 0.717) is 5.56 Å². The summed E-state index contributed by atoms with van der Waals surface area (Å²) in [6.07, 6.45) is 8.50. The lowest BCUT2D eigenvalue weighted by atomic mass is 10.00. The molecule has 0 bridgehead atoms. The number of aryl methyl sites for hydroxylation is 1. The zero-order chi connectivity index (χ0) is 36.4. The normalized spacial score (nSPS) is 12.9. The predicted molar refractivity (Wildman–Crippen MR) is 225 cm³/mol. The molecule has 7 nitrogen and oxygen atoms in total. The van der Waals surface area contributed by atoms with Crippen molar-refractivity contribution in [2.24, 2.45) is 0 Å². The topological polar surface area (TPSA) is 93.3 Å². The van der Waals surface area contributed by atoms with Gasteiger partial charge in [-0.1, -0.05) is 84.9 Å². The fourth-order valence-electron chi connectivity index (χ4n) is 9.37. The predicted octanol–water partition coefficient (Wildman–Crippen LogP) is 11.1. The molecule has 55 heavy (non-hydrogen) atoms. The minimum Gasteiger partial charge on any atom is -0.354 e. The molecule has 0 unspecified atom stereocenters. The van der Waals surface area contributed by atoms with Gasteiger partial charge in [0.05, 0.1) is 56.8 Å². The number of hydrogen-bond donors (Lipinski definition) is 2. The number of aromatic nitrogens is 5. The summed E-state index contributed by atoms with van der Waals surface area (Å²) in [6, 6.07) is 46.8. The van der Waals surface area contributed by atoms with Crippen LogP contribution in [0, 0.1) is 11.3 Å². The number of fused-ring (bicyclic) bond motifs is 14. The van der Waals surface area contributed by atoms with Gasteiger partial charge in [0.2, 0.25) is 0 Å². The summed E-state index contributed by atoms with van der Waals surface area (Å²) in [5.41, 5.74) is 13.6. The van der Waals surface area contributed by atoms with Crippen molar-refractivity contribution in [1.82, 2.24) is 23.8 Å². The van der Waals surface area contributed by atoms with Crippen LogP contribution in [-0.4, -0.2) is 23.8 Å². The molecule has 1 aliphatic carbocycles. The Labute approximate surface area is 314 Å². The molecule has 0 spiro atoms. The maximum atomic E-state index is 9.77. The van der Waals surface area contributed by atoms with E-state index in [-0.39, 0.29) is 0 Å². The molecule has 11 aromatic rings. The molecular formula is C48H31N7. The maximum Gasteiger partial charge on any atom is 0.138 e. The molecule has 3 N–H and O–H groups in total. The van der Waals surface area contributed by atoms with E-state index < -0.39 is 0 Å². The Morgan fingerprint density at radius 1 is 0.655 bits per heavy atom. The first-order valence-electron chi connectivity index (χ1n) is 18.6. The Kier molecular flexibility index (Phi) is 5.98. The molecule has 0 amide bonds. The number of nitrogens with one attached hydrogen (secondary N) is 1. The van der Waals surface area contributed by atoms with Gasteiger partial charge in [0.15, 0.2) is 0 Å². The summed E-state index contributed by atoms with van der Waals surface area (Å²) >= 11 is 0. The number of rotatable bonds is 3. The van der Waals surface area contributed by atoms with Crippen molar-refractivity contribution in [3.05, 3.63) is 156 Å². The second-order valence-electron chi connectivity index (χ2n) is 14.5. The molecule has 6 aromatic carbocycles. The Hall–Kier alpha value is -7.56. The number of nitrogen functional groups attached to an aromatic ring is 1. The lowest BCUT2D eigenvalue weighted by molar-refractivity contribution is 0.951. The first kappa shape index (κ1) is 30.0. The number of para-hydroxylation sites is 3. The van der Waals surface area contributed by atoms with E-state index in [1.54, 1.807) is 0 Å². The lowest BCUT2D eigenvalue weighted by Gasteiger charge is -2.18. The SMILES string of the molecule is N#Cc1ccc(-c2cc(-n3c4c(c5ccc6c(c7ccccc7n6N)c53)CCC=C4)ncc2-n2c3ccccc3c3ccc4[nH]c5ccccc5c4c32)cc1. The molecule has 12 rings (SSSR count). The lowest BCUT2D eigenvalue weighted by Crippen LogP contribution is -2.07. The molecule has 1 aliphatic rings. The van der Waals surface area contributed by atoms with Gasteiger partial charge in [-0.25, -0.2) is 4.98 Å². The first-order valence-corrected chi connectivity index (χ1v) is 18.6. The van der Waals surface area contributed by atoms with E-state index in [2.05, 4.69) is 142 Å². The third kappa shape index (κ3) is 4.00. The van der Waals surface area contributed by atoms with E-state index in [4.69, 9.17) is 10.8 Å². The van der Waals surface area contributed by atoms with Crippen molar-refractivity contribution >= 4 is 82.4 Å². The van der Waals surface area contributed by atoms with E-state index >= 15 is 0 Å². The zero-order valence-corrected chi connectivity index (χ0v) is 29.6. The zero-order valence-electron chi connectivity index (χ0n) is 29.6. The van der Waals surface area contributed by atoms with Gasteiger partial charge >= 0.3 is 0 Å². The molecule has 0 saturated carbocycles. The van der Waals surface area contributed by atoms with Crippen molar-refractivity contribution in [1.29, 1.82) is 5.26 Å². The van der Waals surface area contributed by atoms with Gasteiger partial charge in [-0.3, -0.25) is 9.24 Å². The molecule has 0 saturated heterocycles. The maximum absolute atomic E-state index is 9.77. The fourth-order valence-corrected chi connectivity index (χ4v) is 9.37. The number of H-pyrrole nitrogens is 1. The van der Waals surface area contributed by atoms with Crippen molar-refractivity contribution in [3.8, 4) is 28.7 Å². The van der Waals surface area contributed by atoms with Crippen molar-refractivity contribution in [3.63, 3.8) is 0 Å². The molecule has 258 valence electrons. The van der Waals surface area contributed by atoms with Gasteiger partial charge in [-0.15, -0.1) is 0 Å². The molecule has 7 heteroatoms. The third-order valence-electron chi connectivity index (χ3n) is 11.7. The van der Waals surface area contributed by atoms with E-state index in [9.17, 15) is 5.26 Å². The quantitative estimate of drug-likeness (QED) is 0.179. The van der Waals surface area contributed by atoms with Crippen LogP contribution in [0.3, 0.4) is 0 Å². The van der Waals surface area contributed by atoms with Crippen molar-refractivity contribution in [2.75, 3.05) is 5.84 Å². The number of benzene rings is 6. The number of hydrogen-bond acceptors (Lipinski definition) is 3. The number of pyridine rings is 1. The highest BCUT2D eigenvalue weighted by Crippen LogP contribution is 2.44. The fraction of sp³-hybridized carbons (Fsp3) is 0.0417. The van der Waals surface area contributed by atoms with E-state index in [0.717, 1.165) is 90.6 Å². The Balaban J connectivity index is 1.23. The summed E-state index contributed by atoms with van der Waals surface area (Å²) in [5.74, 6) is 7.60. The van der Waals surface area contributed by atoms with Crippen LogP contribution in [0.1, 0.15) is 23.2 Å². The minimum atomic E-state index is 0.619. The molecule has 5 heterocycles. The highest BCUT2D eigenvalue weighted by molar-refractivity contribution is 6.26. The average Bonchev–Trinajstić information content (AvgIpc) is 3.97. The van der Waals surface area contributed by atoms with Crippen molar-refractivity contribution in [2.45, 2.75) is 12.8 Å². The number of nitrogens with two attached hydrogens (primary N) is 1. The number of aromatic amines is 1. The average molecular weight is 706 g/mol. The summed E-state index contributed by atoms with van der Waals surface area (Å²) < 4.78 is 6.54. The summed E-state index contributed by atoms with van der Waals surface area (Å²) in [5, 5.41) is 17.9. The Morgan fingerprint density at radius 2 is 1.40 bits per heavy atom. The largest absolute Gasteiger partial charge is 0.354 e. The number of nitrogens with zero attached hydrogens (tertiary/aromatic N) is 5. The van der Waals surface area contributed by atoms with E-state index in [1.807, 2.05) is 29.1 Å². The van der Waals surface area contributed by atoms with Crippen LogP contribution in [0.4, 0.5) is 0 Å². The van der Waals surface area contributed by atoms with Crippen LogP contribution in [0.2, 0.25) is 0 Å². The smallest absolute Gasteiger partial charge is 0.138 e. The second kappa shape index (κ2) is 11.0. The van der Waals surface area contributed by atoms with Crippen LogP contribution in [0.15, 0.2) is 140 Å². The Morgan fingerprint density at radius 3 is 2.25 bits per heavy atom. The van der Waals surface area contributed by atoms with E-state index in [1.165, 1.54) is 32.5 Å². The highest BCUT2D eigenvalue weighted by atomic mass is 15.3. The summed E-state index contributed by atoms with van der Waals surface area (Å²) in [7, 11) is 0. The van der Waals surface area contributed by atoms with Gasteiger partial charge in [0, 0.05) is 54.3 Å². The van der Waals surface area contributed by atoms with Gasteiger partial charge in [0.1, 0.15) is 5.82 Å². The standard InChI is InChI=1S/C48H31N7/c49-26-28-17-19-29(20-18-28)36-25-44(54-40-15-7-3-10-31(40)33-22-24-42-46(48(33)54)35-12-4-8-16-41(35)55(42)50)51-27-43(36)53-39-14-6-2-9-30(39)32-21-23-38-45(47(32)53)34-11-1-5-13-37(34)52-38/h1-2,4-9,11-25,27,52H,3,10,50H2. The molecule has 5 aromatic heterocycles. The van der Waals surface area contributed by atoms with Gasteiger partial charge in [-0.05, 0) is 78.6 Å². The Bertz CT molecular complexity index is 3510. The number of allylic oxidation sites excluding steroid dienone is 1. The molecular weight excluding hydrogens is 675 g/mol. The number of nitriles is 1. The van der Waals surface area contributed by atoms with Crippen molar-refractivity contribution < 1.29 is 0 Å². The highest BCUT2D eigenvalue weighted by Gasteiger charge is 2.26. The molecule has 0 atom stereocenters. The molecule has 0 radical (unpaired) electrons. The van der Waals surface area contributed by atoms with Crippen LogP contribution < -0.4 is 5.84 Å². The van der Waals surface area contributed by atoms with Crippen LogP contribution in [0.5, 0.6) is 0 Å². The molecule has 0 fully saturated rings. The van der Waals surface area contributed by atoms with Crippen LogP contribution >= 0.6 is 0 Å². The summed E-state index contributed by atoms with van der Waals surface area (Å²) in [6.45, 7) is 0. The molecule has 0 aliphatic heterocycles. The van der Waals surface area contributed by atoms with Gasteiger partial charge in [0.25, 0.3) is 0 Å². The first-order chi connectivity index (χ1) is 27.2. The third-order valence-corrected chi connectivity index (χ3v) is 11.7. The minimum absolute atomic E-state index is 0.619. The monoisotopic (exact) mass is 705 g/mol. The van der Waals surface area contributed by atoms with Gasteiger partial charge < -0.3 is 15.4 Å². The summed E-state index contributed by atoms with van der Waals surface area (Å²) in [4.78, 5) is 9.08. The second-order valence-corrected chi connectivity index (χ2v) is 14.5.